The first-order valence-electron chi connectivity index (χ1n) is 6.80. The Morgan fingerprint density at radius 2 is 1.94 bits per heavy atom. The topological polar surface area (TPSA) is 44.5 Å². The molecule has 18 heavy (non-hydrogen) atoms. The summed E-state index contributed by atoms with van der Waals surface area (Å²) in [5.41, 5.74) is 7.45. The van der Waals surface area contributed by atoms with Crippen molar-refractivity contribution in [3.05, 3.63) is 23.8 Å². The van der Waals surface area contributed by atoms with Gasteiger partial charge in [-0.15, -0.1) is 0 Å². The number of rotatable bonds is 4. The molecule has 3 nitrogen and oxygen atoms in total. The van der Waals surface area contributed by atoms with E-state index in [-0.39, 0.29) is 5.54 Å². The average Bonchev–Trinajstić information content (AvgIpc) is 2.40. The zero-order chi connectivity index (χ0) is 13.0. The lowest BCUT2D eigenvalue weighted by atomic mass is 9.77. The van der Waals surface area contributed by atoms with Crippen molar-refractivity contribution >= 4 is 0 Å². The minimum absolute atomic E-state index is 0.253. The van der Waals surface area contributed by atoms with E-state index >= 15 is 0 Å². The molecule has 1 aromatic rings. The van der Waals surface area contributed by atoms with E-state index in [1.165, 1.54) is 19.3 Å². The molecule has 3 heteroatoms. The standard InChI is InChI=1S/C15H23NO2/c1-3-18-14-12(8-7-9-13(14)17-2)15(16)10-5-4-6-11-15/h7-9H,3-6,10-11,16H2,1-2H3. The third-order valence-electron chi connectivity index (χ3n) is 3.77. The summed E-state index contributed by atoms with van der Waals surface area (Å²) < 4.78 is 11.2. The van der Waals surface area contributed by atoms with Gasteiger partial charge in [-0.1, -0.05) is 31.4 Å². The predicted molar refractivity (Wildman–Crippen MR) is 73.1 cm³/mol. The molecule has 2 N–H and O–H groups in total. The van der Waals surface area contributed by atoms with Gasteiger partial charge >= 0.3 is 0 Å². The first-order chi connectivity index (χ1) is 8.71. The lowest BCUT2D eigenvalue weighted by Crippen LogP contribution is -2.39. The summed E-state index contributed by atoms with van der Waals surface area (Å²) in [7, 11) is 1.67. The van der Waals surface area contributed by atoms with Crippen LogP contribution in [0.4, 0.5) is 0 Å². The fourth-order valence-electron chi connectivity index (χ4n) is 2.81. The van der Waals surface area contributed by atoms with E-state index in [1.54, 1.807) is 7.11 Å². The van der Waals surface area contributed by atoms with Crippen molar-refractivity contribution in [1.29, 1.82) is 0 Å². The summed E-state index contributed by atoms with van der Waals surface area (Å²) in [6.07, 6.45) is 5.73. The van der Waals surface area contributed by atoms with Gasteiger partial charge in [0.1, 0.15) is 0 Å². The predicted octanol–water partition coefficient (Wildman–Crippen LogP) is 3.21. The van der Waals surface area contributed by atoms with Gasteiger partial charge in [0.2, 0.25) is 0 Å². The van der Waals surface area contributed by atoms with Gasteiger partial charge in [0, 0.05) is 11.1 Å². The minimum Gasteiger partial charge on any atom is -0.493 e. The van der Waals surface area contributed by atoms with Crippen LogP contribution >= 0.6 is 0 Å². The molecule has 1 fully saturated rings. The Kier molecular flexibility index (Phi) is 4.12. The number of para-hydroxylation sites is 1. The Labute approximate surface area is 109 Å². The Bertz CT molecular complexity index is 397. The average molecular weight is 249 g/mol. The van der Waals surface area contributed by atoms with Crippen LogP contribution in [0.1, 0.15) is 44.6 Å². The van der Waals surface area contributed by atoms with Crippen LogP contribution in [0.5, 0.6) is 11.5 Å². The van der Waals surface area contributed by atoms with Crippen molar-refractivity contribution in [2.45, 2.75) is 44.6 Å². The van der Waals surface area contributed by atoms with Crippen molar-refractivity contribution in [2.75, 3.05) is 13.7 Å². The smallest absolute Gasteiger partial charge is 0.166 e. The summed E-state index contributed by atoms with van der Waals surface area (Å²) in [6.45, 7) is 2.61. The lowest BCUT2D eigenvalue weighted by molar-refractivity contribution is 0.266. The second-order valence-electron chi connectivity index (χ2n) is 4.99. The molecule has 0 spiro atoms. The first kappa shape index (κ1) is 13.2. The highest BCUT2D eigenvalue weighted by molar-refractivity contribution is 5.50. The number of nitrogens with two attached hydrogens (primary N) is 1. The molecule has 0 unspecified atom stereocenters. The highest BCUT2D eigenvalue weighted by atomic mass is 16.5. The number of hydrogen-bond acceptors (Lipinski definition) is 3. The second kappa shape index (κ2) is 5.61. The Morgan fingerprint density at radius 1 is 1.22 bits per heavy atom. The van der Waals surface area contributed by atoms with Crippen LogP contribution in [0.15, 0.2) is 18.2 Å². The van der Waals surface area contributed by atoms with Gasteiger partial charge in [-0.25, -0.2) is 0 Å². The van der Waals surface area contributed by atoms with Gasteiger partial charge in [0.15, 0.2) is 11.5 Å². The Morgan fingerprint density at radius 3 is 2.56 bits per heavy atom. The van der Waals surface area contributed by atoms with Crippen molar-refractivity contribution in [3.8, 4) is 11.5 Å². The van der Waals surface area contributed by atoms with Gasteiger partial charge in [-0.2, -0.15) is 0 Å². The van der Waals surface area contributed by atoms with Crippen LogP contribution in [0.3, 0.4) is 0 Å². The van der Waals surface area contributed by atoms with Gasteiger partial charge in [0.05, 0.1) is 13.7 Å². The summed E-state index contributed by atoms with van der Waals surface area (Å²) in [5.74, 6) is 1.61. The van der Waals surface area contributed by atoms with Crippen LogP contribution in [0, 0.1) is 0 Å². The summed E-state index contributed by atoms with van der Waals surface area (Å²) in [5, 5.41) is 0. The van der Waals surface area contributed by atoms with Gasteiger partial charge in [0.25, 0.3) is 0 Å². The zero-order valence-electron chi connectivity index (χ0n) is 11.4. The van der Waals surface area contributed by atoms with E-state index in [1.807, 2.05) is 19.1 Å². The molecule has 0 aromatic heterocycles. The van der Waals surface area contributed by atoms with E-state index in [2.05, 4.69) is 6.07 Å². The van der Waals surface area contributed by atoms with E-state index in [9.17, 15) is 0 Å². The van der Waals surface area contributed by atoms with E-state index in [0.29, 0.717) is 6.61 Å². The molecule has 0 heterocycles. The van der Waals surface area contributed by atoms with Gasteiger partial charge in [-0.3, -0.25) is 0 Å². The van der Waals surface area contributed by atoms with Crippen molar-refractivity contribution in [2.24, 2.45) is 5.73 Å². The minimum atomic E-state index is -0.253. The number of ether oxygens (including phenoxy) is 2. The van der Waals surface area contributed by atoms with Crippen LogP contribution in [0.25, 0.3) is 0 Å². The molecule has 1 aliphatic carbocycles. The fourth-order valence-corrected chi connectivity index (χ4v) is 2.81. The monoisotopic (exact) mass is 249 g/mol. The van der Waals surface area contributed by atoms with E-state index in [0.717, 1.165) is 29.9 Å². The number of benzene rings is 1. The molecule has 0 atom stereocenters. The van der Waals surface area contributed by atoms with Crippen LogP contribution in [0.2, 0.25) is 0 Å². The second-order valence-corrected chi connectivity index (χ2v) is 4.99. The highest BCUT2D eigenvalue weighted by Crippen LogP contribution is 2.43. The SMILES string of the molecule is CCOc1c(OC)cccc1C1(N)CCCCC1. The maximum Gasteiger partial charge on any atom is 0.166 e. The molecule has 2 rings (SSSR count). The largest absolute Gasteiger partial charge is 0.493 e. The molecular weight excluding hydrogens is 226 g/mol. The van der Waals surface area contributed by atoms with Crippen LogP contribution in [-0.4, -0.2) is 13.7 Å². The molecule has 0 amide bonds. The number of hydrogen-bond donors (Lipinski definition) is 1. The third kappa shape index (κ3) is 2.46. The van der Waals surface area contributed by atoms with E-state index < -0.39 is 0 Å². The van der Waals surface area contributed by atoms with Crippen molar-refractivity contribution < 1.29 is 9.47 Å². The van der Waals surface area contributed by atoms with Gasteiger partial charge in [-0.05, 0) is 25.8 Å². The molecule has 0 aliphatic heterocycles. The fraction of sp³-hybridized carbons (Fsp3) is 0.600. The van der Waals surface area contributed by atoms with E-state index in [4.69, 9.17) is 15.2 Å². The zero-order valence-corrected chi connectivity index (χ0v) is 11.4. The molecule has 1 saturated carbocycles. The molecule has 0 saturated heterocycles. The molecule has 0 bridgehead atoms. The normalized spacial score (nSPS) is 18.4. The Balaban J connectivity index is 2.41. The molecule has 1 aliphatic rings. The van der Waals surface area contributed by atoms with Crippen LogP contribution < -0.4 is 15.2 Å². The highest BCUT2D eigenvalue weighted by Gasteiger charge is 2.33. The summed E-state index contributed by atoms with van der Waals surface area (Å²) in [6, 6.07) is 6.01. The molecule has 0 radical (unpaired) electrons. The first-order valence-corrected chi connectivity index (χ1v) is 6.80. The van der Waals surface area contributed by atoms with Crippen molar-refractivity contribution in [3.63, 3.8) is 0 Å². The Hall–Kier alpha value is -1.22. The van der Waals surface area contributed by atoms with Gasteiger partial charge < -0.3 is 15.2 Å². The summed E-state index contributed by atoms with van der Waals surface area (Å²) >= 11 is 0. The number of methoxy groups -OCH3 is 1. The third-order valence-corrected chi connectivity index (χ3v) is 3.77. The van der Waals surface area contributed by atoms with Crippen LogP contribution in [-0.2, 0) is 5.54 Å². The maximum atomic E-state index is 6.60. The molecular formula is C15H23NO2. The quantitative estimate of drug-likeness (QED) is 0.891. The maximum absolute atomic E-state index is 6.60. The lowest BCUT2D eigenvalue weighted by Gasteiger charge is -2.35. The molecule has 1 aromatic carbocycles. The molecule has 100 valence electrons. The van der Waals surface area contributed by atoms with Crippen molar-refractivity contribution in [1.82, 2.24) is 0 Å². The summed E-state index contributed by atoms with van der Waals surface area (Å²) in [4.78, 5) is 0.